The van der Waals surface area contributed by atoms with Crippen LogP contribution < -0.4 is 10.6 Å². The van der Waals surface area contributed by atoms with Gasteiger partial charge in [-0.1, -0.05) is 48.0 Å². The van der Waals surface area contributed by atoms with E-state index in [0.717, 1.165) is 21.2 Å². The predicted octanol–water partition coefficient (Wildman–Crippen LogP) is 4.26. The van der Waals surface area contributed by atoms with E-state index in [1.807, 2.05) is 48.5 Å². The number of nitrogens with one attached hydrogen (secondary N) is 2. The first-order valence-corrected chi connectivity index (χ1v) is 9.82. The van der Waals surface area contributed by atoms with Gasteiger partial charge in [0.05, 0.1) is 5.75 Å². The minimum Gasteiger partial charge on any atom is -0.355 e. The van der Waals surface area contributed by atoms with Crippen LogP contribution in [0.25, 0.3) is 10.8 Å². The van der Waals surface area contributed by atoms with Crippen LogP contribution in [-0.2, 0) is 11.3 Å². The Morgan fingerprint density at radius 1 is 1.00 bits per heavy atom. The van der Waals surface area contributed by atoms with Crippen molar-refractivity contribution in [2.45, 2.75) is 11.4 Å². The molecule has 27 heavy (non-hydrogen) atoms. The van der Waals surface area contributed by atoms with Crippen LogP contribution in [0.5, 0.6) is 0 Å². The highest BCUT2D eigenvalue weighted by Gasteiger charge is 2.09. The minimum absolute atomic E-state index is 0.0561. The van der Waals surface area contributed by atoms with Gasteiger partial charge in [0.15, 0.2) is 0 Å². The molecule has 0 spiro atoms. The molecule has 0 aliphatic carbocycles. The normalized spacial score (nSPS) is 10.6. The number of halogens is 1. The number of benzene rings is 3. The highest BCUT2D eigenvalue weighted by molar-refractivity contribution is 8.00. The quantitative estimate of drug-likeness (QED) is 0.610. The Hall–Kier alpha value is -2.50. The van der Waals surface area contributed by atoms with Crippen LogP contribution in [0.4, 0.5) is 0 Å². The van der Waals surface area contributed by atoms with E-state index in [1.165, 1.54) is 11.8 Å². The van der Waals surface area contributed by atoms with Crippen molar-refractivity contribution in [3.8, 4) is 0 Å². The number of hydrogen-bond donors (Lipinski definition) is 2. The Morgan fingerprint density at radius 2 is 1.70 bits per heavy atom. The van der Waals surface area contributed by atoms with Crippen molar-refractivity contribution in [2.24, 2.45) is 0 Å². The van der Waals surface area contributed by atoms with Crippen LogP contribution in [0.15, 0.2) is 65.6 Å². The minimum atomic E-state index is -0.129. The molecule has 0 atom stereocenters. The van der Waals surface area contributed by atoms with E-state index in [4.69, 9.17) is 11.6 Å². The Kier molecular flexibility index (Phi) is 6.37. The molecule has 3 aromatic carbocycles. The Balaban J connectivity index is 1.57. The lowest BCUT2D eigenvalue weighted by Gasteiger charge is -2.09. The Morgan fingerprint density at radius 3 is 2.41 bits per heavy atom. The molecule has 0 aromatic heterocycles. The zero-order chi connectivity index (χ0) is 19.2. The van der Waals surface area contributed by atoms with Crippen molar-refractivity contribution >= 4 is 45.9 Å². The van der Waals surface area contributed by atoms with Gasteiger partial charge < -0.3 is 10.6 Å². The fourth-order valence-electron chi connectivity index (χ4n) is 2.70. The second kappa shape index (κ2) is 8.93. The Bertz CT molecular complexity index is 968. The molecular formula is C21H19ClN2O2S. The van der Waals surface area contributed by atoms with Gasteiger partial charge in [-0.15, -0.1) is 11.8 Å². The molecule has 0 heterocycles. The molecule has 3 aromatic rings. The lowest BCUT2D eigenvalue weighted by molar-refractivity contribution is -0.118. The maximum atomic E-state index is 12.2. The molecule has 0 radical (unpaired) electrons. The van der Waals surface area contributed by atoms with Gasteiger partial charge in [-0.05, 0) is 35.2 Å². The average Bonchev–Trinajstić information content (AvgIpc) is 2.70. The van der Waals surface area contributed by atoms with E-state index >= 15 is 0 Å². The average molecular weight is 399 g/mol. The summed E-state index contributed by atoms with van der Waals surface area (Å²) in [5.74, 6) is 0.121. The van der Waals surface area contributed by atoms with Crippen molar-refractivity contribution in [2.75, 3.05) is 12.8 Å². The largest absolute Gasteiger partial charge is 0.355 e. The maximum Gasteiger partial charge on any atom is 0.251 e. The van der Waals surface area contributed by atoms with E-state index in [9.17, 15) is 9.59 Å². The number of rotatable bonds is 6. The van der Waals surface area contributed by atoms with Crippen LogP contribution in [-0.4, -0.2) is 24.6 Å². The number of carbonyl (C=O) groups excluding carboxylic acids is 2. The zero-order valence-electron chi connectivity index (χ0n) is 14.8. The zero-order valence-corrected chi connectivity index (χ0v) is 16.4. The monoisotopic (exact) mass is 398 g/mol. The summed E-state index contributed by atoms with van der Waals surface area (Å²) >= 11 is 7.79. The summed E-state index contributed by atoms with van der Waals surface area (Å²) in [5.41, 5.74) is 1.53. The van der Waals surface area contributed by atoms with Gasteiger partial charge in [-0.3, -0.25) is 9.59 Å². The third-order valence-electron chi connectivity index (χ3n) is 4.11. The van der Waals surface area contributed by atoms with E-state index in [0.29, 0.717) is 22.9 Å². The molecule has 2 N–H and O–H groups in total. The molecule has 2 amide bonds. The summed E-state index contributed by atoms with van der Waals surface area (Å²) in [5, 5.41) is 8.20. The number of fused-ring (bicyclic) bond motifs is 1. The van der Waals surface area contributed by atoms with Gasteiger partial charge in [0.1, 0.15) is 0 Å². The summed E-state index contributed by atoms with van der Waals surface area (Å²) in [6, 6.07) is 18.9. The molecule has 3 rings (SSSR count). The highest BCUT2D eigenvalue weighted by atomic mass is 35.5. The van der Waals surface area contributed by atoms with Crippen molar-refractivity contribution in [1.29, 1.82) is 0 Å². The first kappa shape index (κ1) is 19.3. The van der Waals surface area contributed by atoms with E-state index in [2.05, 4.69) is 10.6 Å². The van der Waals surface area contributed by atoms with E-state index < -0.39 is 0 Å². The fourth-order valence-corrected chi connectivity index (χ4v) is 3.97. The summed E-state index contributed by atoms with van der Waals surface area (Å²) in [6.07, 6.45) is 0. The molecule has 0 fully saturated rings. The third-order valence-corrected chi connectivity index (χ3v) is 5.48. The van der Waals surface area contributed by atoms with Crippen molar-refractivity contribution < 1.29 is 9.59 Å². The topological polar surface area (TPSA) is 58.2 Å². The number of amides is 2. The van der Waals surface area contributed by atoms with Crippen molar-refractivity contribution in [1.82, 2.24) is 10.6 Å². The molecule has 0 saturated carbocycles. The molecule has 0 aliphatic rings. The molecule has 0 unspecified atom stereocenters. The molecule has 4 nitrogen and oxygen atoms in total. The number of thioether (sulfide) groups is 1. The maximum absolute atomic E-state index is 12.2. The molecule has 138 valence electrons. The Labute approximate surface area is 167 Å². The lowest BCUT2D eigenvalue weighted by atomic mass is 10.1. The van der Waals surface area contributed by atoms with Gasteiger partial charge in [0, 0.05) is 34.5 Å². The van der Waals surface area contributed by atoms with Gasteiger partial charge in [-0.25, -0.2) is 0 Å². The first-order chi connectivity index (χ1) is 13.1. The van der Waals surface area contributed by atoms with Crippen LogP contribution in [0.2, 0.25) is 5.02 Å². The van der Waals surface area contributed by atoms with Gasteiger partial charge >= 0.3 is 0 Å². The molecule has 0 aliphatic heterocycles. The lowest BCUT2D eigenvalue weighted by Crippen LogP contribution is -2.24. The summed E-state index contributed by atoms with van der Waals surface area (Å²) in [4.78, 5) is 24.7. The molecule has 0 bridgehead atoms. The standard InChI is InChI=1S/C21H19ClN2O2S/c1-23-21(26)16-10-8-14(9-11-16)12-24-19(25)13-27-18-7-3-5-15-4-2-6-17(22)20(15)18/h2-11H,12-13H2,1H3,(H,23,26)(H,24,25). The van der Waals surface area contributed by atoms with Crippen LogP contribution in [0.3, 0.4) is 0 Å². The first-order valence-electron chi connectivity index (χ1n) is 8.46. The summed E-state index contributed by atoms with van der Waals surface area (Å²) in [7, 11) is 1.59. The SMILES string of the molecule is CNC(=O)c1ccc(CNC(=O)CSc2cccc3cccc(Cl)c23)cc1. The van der Waals surface area contributed by atoms with Crippen LogP contribution >= 0.6 is 23.4 Å². The second-order valence-electron chi connectivity index (χ2n) is 5.94. The van der Waals surface area contributed by atoms with Gasteiger partial charge in [-0.2, -0.15) is 0 Å². The highest BCUT2D eigenvalue weighted by Crippen LogP contribution is 2.33. The fraction of sp³-hybridized carbons (Fsp3) is 0.143. The molecular weight excluding hydrogens is 380 g/mol. The summed E-state index contributed by atoms with van der Waals surface area (Å²) in [6.45, 7) is 0.420. The van der Waals surface area contributed by atoms with Crippen LogP contribution in [0, 0.1) is 0 Å². The number of carbonyl (C=O) groups is 2. The van der Waals surface area contributed by atoms with Crippen LogP contribution in [0.1, 0.15) is 15.9 Å². The summed E-state index contributed by atoms with van der Waals surface area (Å²) < 4.78 is 0. The smallest absolute Gasteiger partial charge is 0.251 e. The van der Waals surface area contributed by atoms with Gasteiger partial charge in [0.2, 0.25) is 5.91 Å². The van der Waals surface area contributed by atoms with Gasteiger partial charge in [0.25, 0.3) is 5.91 Å². The predicted molar refractivity (Wildman–Crippen MR) is 111 cm³/mol. The van der Waals surface area contributed by atoms with Crippen molar-refractivity contribution in [3.63, 3.8) is 0 Å². The number of hydrogen-bond acceptors (Lipinski definition) is 3. The molecule has 6 heteroatoms. The molecule has 0 saturated heterocycles. The van der Waals surface area contributed by atoms with Crippen molar-refractivity contribution in [3.05, 3.63) is 76.8 Å². The van der Waals surface area contributed by atoms with E-state index in [1.54, 1.807) is 19.2 Å². The van der Waals surface area contributed by atoms with E-state index in [-0.39, 0.29) is 11.8 Å². The second-order valence-corrected chi connectivity index (χ2v) is 7.36. The third kappa shape index (κ3) is 4.81.